The largest absolute Gasteiger partial charge is 0.394 e. The van der Waals surface area contributed by atoms with Crippen molar-refractivity contribution in [2.75, 3.05) is 6.61 Å². The molecule has 29 heavy (non-hydrogen) atoms. The lowest BCUT2D eigenvalue weighted by Gasteiger charge is -2.21. The highest BCUT2D eigenvalue weighted by Crippen LogP contribution is 2.28. The van der Waals surface area contributed by atoms with Crippen LogP contribution < -0.4 is 11.2 Å². The zero-order valence-corrected chi connectivity index (χ0v) is 16.7. The van der Waals surface area contributed by atoms with Gasteiger partial charge in [-0.2, -0.15) is 0 Å². The summed E-state index contributed by atoms with van der Waals surface area (Å²) in [5.74, 6) is 0.399. The minimum atomic E-state index is -0.878. The van der Waals surface area contributed by atoms with Gasteiger partial charge in [-0.1, -0.05) is 44.2 Å². The molecule has 1 aliphatic rings. The first-order chi connectivity index (χ1) is 13.9. The summed E-state index contributed by atoms with van der Waals surface area (Å²) in [6, 6.07) is 9.80. The Hall–Kier alpha value is -2.26. The zero-order valence-electron chi connectivity index (χ0n) is 16.7. The quantitative estimate of drug-likeness (QED) is 0.614. The molecule has 0 aliphatic carbocycles. The van der Waals surface area contributed by atoms with E-state index in [1.807, 2.05) is 30.3 Å². The third-order valence-corrected chi connectivity index (χ3v) is 5.03. The second-order valence-corrected chi connectivity index (χ2v) is 7.78. The number of rotatable bonds is 8. The summed E-state index contributed by atoms with van der Waals surface area (Å²) in [7, 11) is 0. The van der Waals surface area contributed by atoms with E-state index in [1.165, 1.54) is 10.8 Å². The van der Waals surface area contributed by atoms with Gasteiger partial charge in [-0.05, 0) is 17.9 Å². The number of H-pyrrole nitrogens is 1. The molecule has 1 aromatic heterocycles. The normalized spacial score (nSPS) is 22.9. The van der Waals surface area contributed by atoms with Crippen LogP contribution in [0, 0.1) is 5.92 Å². The van der Waals surface area contributed by atoms with Crippen molar-refractivity contribution in [3.63, 3.8) is 0 Å². The van der Waals surface area contributed by atoms with Gasteiger partial charge in [0, 0.05) is 12.6 Å². The molecule has 8 nitrogen and oxygen atoms in total. The summed E-state index contributed by atoms with van der Waals surface area (Å²) in [4.78, 5) is 26.8. The van der Waals surface area contributed by atoms with E-state index in [2.05, 4.69) is 18.8 Å². The van der Waals surface area contributed by atoms with Crippen LogP contribution in [-0.4, -0.2) is 38.6 Å². The number of aliphatic hydroxyl groups is 2. The van der Waals surface area contributed by atoms with Crippen LogP contribution in [-0.2, 0) is 16.1 Å². The number of hydrogen-bond acceptors (Lipinski definition) is 6. The van der Waals surface area contributed by atoms with Crippen molar-refractivity contribution in [1.82, 2.24) is 9.55 Å². The Balaban J connectivity index is 1.80. The predicted molar refractivity (Wildman–Crippen MR) is 106 cm³/mol. The molecule has 0 amide bonds. The first-order valence-corrected chi connectivity index (χ1v) is 9.84. The van der Waals surface area contributed by atoms with Crippen LogP contribution in [0.25, 0.3) is 0 Å². The molecule has 0 bridgehead atoms. The summed E-state index contributed by atoms with van der Waals surface area (Å²) >= 11 is 0. The molecule has 1 unspecified atom stereocenters. The van der Waals surface area contributed by atoms with E-state index >= 15 is 0 Å². The van der Waals surface area contributed by atoms with Crippen LogP contribution >= 0.6 is 0 Å². The van der Waals surface area contributed by atoms with E-state index in [9.17, 15) is 19.8 Å². The van der Waals surface area contributed by atoms with Gasteiger partial charge in [0.1, 0.15) is 12.3 Å². The van der Waals surface area contributed by atoms with Gasteiger partial charge in [0.15, 0.2) is 0 Å². The van der Waals surface area contributed by atoms with E-state index in [1.54, 1.807) is 0 Å². The zero-order chi connectivity index (χ0) is 21.0. The van der Waals surface area contributed by atoms with Crippen LogP contribution in [0.15, 0.2) is 46.1 Å². The summed E-state index contributed by atoms with van der Waals surface area (Å²) in [6.45, 7) is 3.89. The Morgan fingerprint density at radius 1 is 1.28 bits per heavy atom. The van der Waals surface area contributed by atoms with Gasteiger partial charge in [0.05, 0.1) is 31.0 Å². The highest BCUT2D eigenvalue weighted by Gasteiger charge is 2.35. The molecule has 3 rings (SSSR count). The van der Waals surface area contributed by atoms with E-state index in [0.29, 0.717) is 11.5 Å². The molecule has 8 heteroatoms. The van der Waals surface area contributed by atoms with Crippen molar-refractivity contribution in [2.45, 2.75) is 57.8 Å². The number of ether oxygens (including phenoxy) is 2. The number of aromatic amines is 1. The fraction of sp³-hybridized carbons (Fsp3) is 0.524. The summed E-state index contributed by atoms with van der Waals surface area (Å²) < 4.78 is 12.8. The average Bonchev–Trinajstić information content (AvgIpc) is 3.07. The average molecular weight is 404 g/mol. The molecule has 1 saturated heterocycles. The van der Waals surface area contributed by atoms with E-state index in [0.717, 1.165) is 12.0 Å². The molecule has 1 aliphatic heterocycles. The third kappa shape index (κ3) is 5.22. The van der Waals surface area contributed by atoms with Gasteiger partial charge in [-0.15, -0.1) is 0 Å². The maximum Gasteiger partial charge on any atom is 0.330 e. The Morgan fingerprint density at radius 2 is 2.00 bits per heavy atom. The molecular weight excluding hydrogens is 376 g/mol. The molecule has 1 aromatic carbocycles. The topological polar surface area (TPSA) is 114 Å². The number of aliphatic hydroxyl groups excluding tert-OH is 2. The predicted octanol–water partition coefficient (Wildman–Crippen LogP) is 1.48. The Bertz CT molecular complexity index is 907. The smallest absolute Gasteiger partial charge is 0.330 e. The van der Waals surface area contributed by atoms with Crippen molar-refractivity contribution in [1.29, 1.82) is 0 Å². The number of hydrogen-bond donors (Lipinski definition) is 3. The summed E-state index contributed by atoms with van der Waals surface area (Å²) in [5.41, 5.74) is 0.176. The van der Waals surface area contributed by atoms with Crippen molar-refractivity contribution >= 4 is 0 Å². The number of nitrogens with one attached hydrogen (secondary N) is 1. The number of benzene rings is 1. The first kappa shape index (κ1) is 21.4. The Labute approximate surface area is 168 Å². The van der Waals surface area contributed by atoms with E-state index in [4.69, 9.17) is 9.47 Å². The monoisotopic (exact) mass is 404 g/mol. The van der Waals surface area contributed by atoms with Gasteiger partial charge in [0.2, 0.25) is 0 Å². The van der Waals surface area contributed by atoms with E-state index in [-0.39, 0.29) is 25.7 Å². The van der Waals surface area contributed by atoms with Gasteiger partial charge in [-0.3, -0.25) is 14.3 Å². The molecule has 2 heterocycles. The van der Waals surface area contributed by atoms with Gasteiger partial charge in [-0.25, -0.2) is 4.79 Å². The van der Waals surface area contributed by atoms with Crippen LogP contribution in [0.2, 0.25) is 0 Å². The maximum atomic E-state index is 12.3. The van der Waals surface area contributed by atoms with Crippen molar-refractivity contribution in [2.24, 2.45) is 5.92 Å². The molecule has 4 atom stereocenters. The van der Waals surface area contributed by atoms with Gasteiger partial charge < -0.3 is 19.7 Å². The summed E-state index contributed by atoms with van der Waals surface area (Å²) in [6.07, 6.45) is -0.223. The number of nitrogens with zero attached hydrogens (tertiary/aromatic N) is 1. The lowest BCUT2D eigenvalue weighted by Crippen LogP contribution is -2.34. The minimum absolute atomic E-state index is 0.0284. The molecular formula is C21H28N2O6. The third-order valence-electron chi connectivity index (χ3n) is 5.03. The second-order valence-electron chi connectivity index (χ2n) is 7.78. The fourth-order valence-corrected chi connectivity index (χ4v) is 3.48. The molecule has 158 valence electrons. The van der Waals surface area contributed by atoms with E-state index < -0.39 is 29.7 Å². The molecule has 0 radical (unpaired) electrons. The molecule has 0 spiro atoms. The lowest BCUT2D eigenvalue weighted by molar-refractivity contribution is -0.0462. The van der Waals surface area contributed by atoms with Crippen LogP contribution in [0.1, 0.15) is 50.1 Å². The standard InChI is InChI=1S/C21H28N2O6/c1-13(2)8-17(14-6-4-3-5-7-14)28-12-15-10-23(21(27)22-20(15)26)19-9-16(25)18(11-24)29-19/h3-7,10,13,16-19,24-25H,8-9,11-12H2,1-2H3,(H,22,26,27)/t16-,17?,18-,19-/m1/s1. The minimum Gasteiger partial charge on any atom is -0.394 e. The maximum absolute atomic E-state index is 12.3. The molecule has 0 saturated carbocycles. The molecule has 3 N–H and O–H groups in total. The van der Waals surface area contributed by atoms with Crippen LogP contribution in [0.5, 0.6) is 0 Å². The Morgan fingerprint density at radius 3 is 2.62 bits per heavy atom. The van der Waals surface area contributed by atoms with Crippen LogP contribution in [0.4, 0.5) is 0 Å². The fourth-order valence-electron chi connectivity index (χ4n) is 3.48. The Kier molecular flexibility index (Phi) is 7.02. The van der Waals surface area contributed by atoms with Crippen molar-refractivity contribution in [3.05, 3.63) is 68.5 Å². The van der Waals surface area contributed by atoms with Gasteiger partial charge >= 0.3 is 5.69 Å². The van der Waals surface area contributed by atoms with Crippen LogP contribution in [0.3, 0.4) is 0 Å². The lowest BCUT2D eigenvalue weighted by atomic mass is 9.99. The summed E-state index contributed by atoms with van der Waals surface area (Å²) in [5, 5.41) is 19.2. The van der Waals surface area contributed by atoms with Gasteiger partial charge in [0.25, 0.3) is 5.56 Å². The van der Waals surface area contributed by atoms with Crippen molar-refractivity contribution in [3.8, 4) is 0 Å². The number of aromatic nitrogens is 2. The SMILES string of the molecule is CC(C)CC(OCc1cn([C@H]2C[C@@H](O)[C@@H](CO)O2)c(=O)[nH]c1=O)c1ccccc1. The highest BCUT2D eigenvalue weighted by atomic mass is 16.5. The molecule has 1 fully saturated rings. The molecule has 2 aromatic rings. The first-order valence-electron chi connectivity index (χ1n) is 9.84. The highest BCUT2D eigenvalue weighted by molar-refractivity contribution is 5.18. The second kappa shape index (κ2) is 9.49. The van der Waals surface area contributed by atoms with Crippen molar-refractivity contribution < 1.29 is 19.7 Å².